The molecule has 0 saturated heterocycles. The van der Waals surface area contributed by atoms with E-state index in [0.717, 1.165) is 24.1 Å². The maximum atomic E-state index is 12.4. The molecular formula is C16H17F3N4. The van der Waals surface area contributed by atoms with Crippen molar-refractivity contribution in [1.82, 2.24) is 9.97 Å². The summed E-state index contributed by atoms with van der Waals surface area (Å²) in [7, 11) is 0. The lowest BCUT2D eigenvalue weighted by atomic mass is 9.82. The van der Waals surface area contributed by atoms with Gasteiger partial charge in [-0.3, -0.25) is 0 Å². The molecule has 0 unspecified atom stereocenters. The molecule has 0 bridgehead atoms. The largest absolute Gasteiger partial charge is 0.389 e. The number of aryl methyl sites for hydroxylation is 1. The summed E-state index contributed by atoms with van der Waals surface area (Å²) in [4.78, 5) is 8.58. The Bertz CT molecular complexity index is 666. The second kappa shape index (κ2) is 5.81. The third-order valence-electron chi connectivity index (χ3n) is 4.30. The number of nitrogens with zero attached hydrogens (tertiary/aromatic N) is 4. The number of halogens is 3. The zero-order valence-corrected chi connectivity index (χ0v) is 13.0. The van der Waals surface area contributed by atoms with Crippen molar-refractivity contribution in [2.24, 2.45) is 5.41 Å². The molecule has 0 atom stereocenters. The van der Waals surface area contributed by atoms with Crippen LogP contribution >= 0.6 is 0 Å². The molecule has 1 aliphatic carbocycles. The third kappa shape index (κ3) is 3.79. The lowest BCUT2D eigenvalue weighted by molar-refractivity contribution is -0.138. The molecule has 0 aliphatic heterocycles. The highest BCUT2D eigenvalue weighted by molar-refractivity contribution is 5.31. The number of alkyl halides is 3. The first-order chi connectivity index (χ1) is 10.6. The quantitative estimate of drug-likeness (QED) is 0.848. The molecule has 2 rings (SSSR count). The molecule has 1 aromatic rings. The molecule has 0 amide bonds. The molecular weight excluding hydrogens is 305 g/mol. The minimum atomic E-state index is -4.40. The van der Waals surface area contributed by atoms with E-state index in [-0.39, 0.29) is 17.7 Å². The second-order valence-corrected chi connectivity index (χ2v) is 6.64. The smallest absolute Gasteiger partial charge is 0.241 e. The van der Waals surface area contributed by atoms with Crippen LogP contribution in [0.2, 0.25) is 0 Å². The average molecular weight is 322 g/mol. The Balaban J connectivity index is 2.25. The van der Waals surface area contributed by atoms with Crippen molar-refractivity contribution in [2.45, 2.75) is 57.5 Å². The monoisotopic (exact) mass is 322 g/mol. The van der Waals surface area contributed by atoms with Gasteiger partial charge in [-0.15, -0.1) is 0 Å². The number of rotatable bonds is 4. The first-order valence-corrected chi connectivity index (χ1v) is 7.35. The third-order valence-corrected chi connectivity index (χ3v) is 4.30. The maximum Gasteiger partial charge on any atom is 0.389 e. The van der Waals surface area contributed by atoms with E-state index in [0.29, 0.717) is 0 Å². The minimum absolute atomic E-state index is 0.124. The molecule has 4 nitrogen and oxygen atoms in total. The van der Waals surface area contributed by atoms with Crippen molar-refractivity contribution in [3.63, 3.8) is 0 Å². The van der Waals surface area contributed by atoms with Gasteiger partial charge in [0.05, 0.1) is 17.8 Å². The van der Waals surface area contributed by atoms with Gasteiger partial charge in [-0.05, 0) is 24.8 Å². The molecule has 0 aromatic carbocycles. The fraction of sp³-hybridized carbons (Fsp3) is 0.625. The molecule has 0 radical (unpaired) electrons. The van der Waals surface area contributed by atoms with E-state index in [2.05, 4.69) is 9.97 Å². The number of hydrogen-bond acceptors (Lipinski definition) is 4. The van der Waals surface area contributed by atoms with Crippen molar-refractivity contribution in [2.75, 3.05) is 0 Å². The summed E-state index contributed by atoms with van der Waals surface area (Å²) in [6, 6.07) is 3.47. The zero-order chi connectivity index (χ0) is 17.3. The van der Waals surface area contributed by atoms with E-state index in [9.17, 15) is 23.7 Å². The van der Waals surface area contributed by atoms with Crippen molar-refractivity contribution in [3.8, 4) is 12.1 Å². The van der Waals surface area contributed by atoms with E-state index >= 15 is 0 Å². The van der Waals surface area contributed by atoms with E-state index in [1.807, 2.05) is 13.8 Å². The number of hydrogen-bond donors (Lipinski definition) is 0. The second-order valence-electron chi connectivity index (χ2n) is 6.64. The van der Waals surface area contributed by atoms with Crippen LogP contribution in [0.1, 0.15) is 50.2 Å². The van der Waals surface area contributed by atoms with Gasteiger partial charge in [0.2, 0.25) is 0 Å². The van der Waals surface area contributed by atoms with Crippen molar-refractivity contribution >= 4 is 0 Å². The standard InChI is InChI=1S/C16H17F3N4/c1-14(2)4-3-11-8-22-12(23-13(11)14)7-15(9-20,10-21)5-6-16(17,18)19/h8H,3-7H2,1-2H3. The van der Waals surface area contributed by atoms with Crippen LogP contribution in [-0.4, -0.2) is 16.1 Å². The number of fused-ring (bicyclic) bond motifs is 1. The van der Waals surface area contributed by atoms with Crippen LogP contribution in [0.3, 0.4) is 0 Å². The maximum absolute atomic E-state index is 12.4. The summed E-state index contributed by atoms with van der Waals surface area (Å²) in [6.45, 7) is 4.09. The molecule has 0 saturated carbocycles. The van der Waals surface area contributed by atoms with Gasteiger partial charge in [-0.1, -0.05) is 13.8 Å². The summed E-state index contributed by atoms with van der Waals surface area (Å²) >= 11 is 0. The summed E-state index contributed by atoms with van der Waals surface area (Å²) in [6.07, 6.45) is -2.90. The summed E-state index contributed by atoms with van der Waals surface area (Å²) in [5.41, 5.74) is 0.00429. The first kappa shape index (κ1) is 17.2. The lowest BCUT2D eigenvalue weighted by Crippen LogP contribution is -2.25. The fourth-order valence-electron chi connectivity index (χ4n) is 2.79. The highest BCUT2D eigenvalue weighted by Gasteiger charge is 2.39. The Kier molecular flexibility index (Phi) is 4.34. The van der Waals surface area contributed by atoms with Gasteiger partial charge in [0.1, 0.15) is 5.82 Å². The average Bonchev–Trinajstić information content (AvgIpc) is 2.78. The normalized spacial score (nSPS) is 16.5. The Hall–Kier alpha value is -2.15. The van der Waals surface area contributed by atoms with E-state index in [4.69, 9.17) is 0 Å². The van der Waals surface area contributed by atoms with Crippen LogP contribution in [0, 0.1) is 28.1 Å². The number of aromatic nitrogens is 2. The number of nitriles is 2. The summed E-state index contributed by atoms with van der Waals surface area (Å²) in [5, 5.41) is 18.5. The molecule has 23 heavy (non-hydrogen) atoms. The van der Waals surface area contributed by atoms with Gasteiger partial charge in [0.25, 0.3) is 0 Å². The highest BCUT2D eigenvalue weighted by atomic mass is 19.4. The van der Waals surface area contributed by atoms with Crippen molar-refractivity contribution in [3.05, 3.63) is 23.3 Å². The van der Waals surface area contributed by atoms with E-state index in [1.165, 1.54) is 0 Å². The van der Waals surface area contributed by atoms with Gasteiger partial charge in [0.15, 0.2) is 5.41 Å². The lowest BCUT2D eigenvalue weighted by Gasteiger charge is -2.21. The molecule has 1 aromatic heterocycles. The van der Waals surface area contributed by atoms with Gasteiger partial charge in [-0.25, -0.2) is 9.97 Å². The predicted molar refractivity (Wildman–Crippen MR) is 76.0 cm³/mol. The van der Waals surface area contributed by atoms with Gasteiger partial charge in [-0.2, -0.15) is 23.7 Å². The van der Waals surface area contributed by atoms with Crippen LogP contribution in [-0.2, 0) is 18.3 Å². The van der Waals surface area contributed by atoms with Gasteiger partial charge in [0, 0.05) is 24.5 Å². The molecule has 122 valence electrons. The zero-order valence-electron chi connectivity index (χ0n) is 13.0. The fourth-order valence-corrected chi connectivity index (χ4v) is 2.79. The Morgan fingerprint density at radius 3 is 2.43 bits per heavy atom. The highest BCUT2D eigenvalue weighted by Crippen LogP contribution is 2.37. The van der Waals surface area contributed by atoms with E-state index < -0.39 is 24.4 Å². The van der Waals surface area contributed by atoms with Crippen molar-refractivity contribution in [1.29, 1.82) is 10.5 Å². The van der Waals surface area contributed by atoms with Crippen molar-refractivity contribution < 1.29 is 13.2 Å². The Labute approximate surface area is 133 Å². The molecule has 0 spiro atoms. The summed E-state index contributed by atoms with van der Waals surface area (Å²) < 4.78 is 37.3. The summed E-state index contributed by atoms with van der Waals surface area (Å²) in [5.74, 6) is 0.254. The van der Waals surface area contributed by atoms with Crippen LogP contribution in [0.5, 0.6) is 0 Å². The molecule has 1 aliphatic rings. The SMILES string of the molecule is CC1(C)CCc2cnc(CC(C#N)(C#N)CCC(F)(F)F)nc21. The Morgan fingerprint density at radius 1 is 1.22 bits per heavy atom. The molecule has 0 fully saturated rings. The van der Waals surface area contributed by atoms with E-state index in [1.54, 1.807) is 18.3 Å². The molecule has 7 heteroatoms. The predicted octanol–water partition coefficient (Wildman–Crippen LogP) is 3.62. The van der Waals surface area contributed by atoms with Crippen LogP contribution in [0.4, 0.5) is 13.2 Å². The van der Waals surface area contributed by atoms with Gasteiger partial charge < -0.3 is 0 Å². The van der Waals surface area contributed by atoms with Gasteiger partial charge >= 0.3 is 6.18 Å². The van der Waals surface area contributed by atoms with Crippen LogP contribution in [0.25, 0.3) is 0 Å². The Morgan fingerprint density at radius 2 is 1.87 bits per heavy atom. The molecule has 0 N–H and O–H groups in total. The first-order valence-electron chi connectivity index (χ1n) is 7.35. The minimum Gasteiger partial charge on any atom is -0.241 e. The molecule has 1 heterocycles. The topological polar surface area (TPSA) is 73.4 Å². The van der Waals surface area contributed by atoms with Crippen LogP contribution < -0.4 is 0 Å². The van der Waals surface area contributed by atoms with Crippen LogP contribution in [0.15, 0.2) is 6.20 Å².